The fraction of sp³-hybridized carbons (Fsp3) is 0.231. The van der Waals surface area contributed by atoms with Gasteiger partial charge in [0.2, 0.25) is 5.76 Å². The molecule has 0 saturated carbocycles. The predicted octanol–water partition coefficient (Wildman–Crippen LogP) is 2.60. The number of carboxylic acids is 1. The zero-order valence-electron chi connectivity index (χ0n) is 10.8. The van der Waals surface area contributed by atoms with Crippen LogP contribution >= 0.6 is 11.3 Å². The molecule has 2 rings (SSSR count). The minimum Gasteiger partial charge on any atom is -0.475 e. The summed E-state index contributed by atoms with van der Waals surface area (Å²) in [6.07, 6.45) is 0. The summed E-state index contributed by atoms with van der Waals surface area (Å²) in [6.45, 7) is 2.02. The second-order valence-corrected chi connectivity index (χ2v) is 4.96. The van der Waals surface area contributed by atoms with Gasteiger partial charge < -0.3 is 20.2 Å². The van der Waals surface area contributed by atoms with Gasteiger partial charge in [-0.1, -0.05) is 0 Å². The summed E-state index contributed by atoms with van der Waals surface area (Å²) in [5.41, 5.74) is 1.04. The fourth-order valence-corrected chi connectivity index (χ4v) is 2.36. The molecule has 7 heteroatoms. The summed E-state index contributed by atoms with van der Waals surface area (Å²) in [5.74, 6) is -0.888. The molecule has 0 bridgehead atoms. The van der Waals surface area contributed by atoms with Crippen LogP contribution in [0.1, 0.15) is 34.8 Å². The maximum Gasteiger partial charge on any atom is 0.371 e. The highest BCUT2D eigenvalue weighted by atomic mass is 32.1. The molecule has 2 amide bonds. The Morgan fingerprint density at radius 1 is 1.40 bits per heavy atom. The topological polar surface area (TPSA) is 91.6 Å². The highest BCUT2D eigenvalue weighted by Gasteiger charge is 2.12. The van der Waals surface area contributed by atoms with Gasteiger partial charge in [-0.2, -0.15) is 11.3 Å². The lowest BCUT2D eigenvalue weighted by Crippen LogP contribution is -2.36. The average Bonchev–Trinajstić information content (AvgIpc) is 3.07. The number of thiophene rings is 1. The minimum absolute atomic E-state index is 0.0903. The van der Waals surface area contributed by atoms with Crippen LogP contribution in [0.3, 0.4) is 0 Å². The predicted molar refractivity (Wildman–Crippen MR) is 73.8 cm³/mol. The zero-order chi connectivity index (χ0) is 14.5. The average molecular weight is 294 g/mol. The van der Waals surface area contributed by atoms with Gasteiger partial charge in [0, 0.05) is 0 Å². The van der Waals surface area contributed by atoms with E-state index in [-0.39, 0.29) is 24.4 Å². The second-order valence-electron chi connectivity index (χ2n) is 4.18. The van der Waals surface area contributed by atoms with Gasteiger partial charge in [0.05, 0.1) is 12.6 Å². The molecule has 0 aromatic carbocycles. The molecule has 0 spiro atoms. The molecule has 3 N–H and O–H groups in total. The number of furan rings is 1. The van der Waals surface area contributed by atoms with Crippen molar-refractivity contribution in [3.8, 4) is 0 Å². The van der Waals surface area contributed by atoms with E-state index in [0.29, 0.717) is 5.76 Å². The van der Waals surface area contributed by atoms with Gasteiger partial charge in [0.15, 0.2) is 0 Å². The third kappa shape index (κ3) is 3.61. The number of carbonyl (C=O) groups excluding carboxylic acids is 1. The lowest BCUT2D eigenvalue weighted by Gasteiger charge is -2.12. The van der Waals surface area contributed by atoms with E-state index in [2.05, 4.69) is 10.6 Å². The Kier molecular flexibility index (Phi) is 4.41. The number of rotatable bonds is 5. The number of hydrogen-bond donors (Lipinski definition) is 3. The van der Waals surface area contributed by atoms with Crippen LogP contribution in [0.2, 0.25) is 0 Å². The Labute approximate surface area is 119 Å². The molecule has 2 heterocycles. The molecule has 0 aliphatic carbocycles. The fourth-order valence-electron chi connectivity index (χ4n) is 1.61. The molecule has 0 saturated heterocycles. The summed E-state index contributed by atoms with van der Waals surface area (Å²) in [7, 11) is 0. The second kappa shape index (κ2) is 6.25. The first-order valence-electron chi connectivity index (χ1n) is 5.94. The summed E-state index contributed by atoms with van der Waals surface area (Å²) in [4.78, 5) is 22.3. The minimum atomic E-state index is -1.13. The molecule has 0 fully saturated rings. The summed E-state index contributed by atoms with van der Waals surface area (Å²) >= 11 is 1.57. The number of carboxylic acid groups (broad SMARTS) is 1. The van der Waals surface area contributed by atoms with Gasteiger partial charge in [0.1, 0.15) is 5.76 Å². The van der Waals surface area contributed by atoms with Gasteiger partial charge in [-0.3, -0.25) is 0 Å². The van der Waals surface area contributed by atoms with Crippen LogP contribution in [-0.4, -0.2) is 17.1 Å². The van der Waals surface area contributed by atoms with Crippen molar-refractivity contribution in [3.05, 3.63) is 46.0 Å². The van der Waals surface area contributed by atoms with E-state index >= 15 is 0 Å². The summed E-state index contributed by atoms with van der Waals surface area (Å²) in [5, 5.41) is 18.0. The van der Waals surface area contributed by atoms with Crippen molar-refractivity contribution in [1.29, 1.82) is 0 Å². The van der Waals surface area contributed by atoms with Crippen molar-refractivity contribution in [2.45, 2.75) is 19.5 Å². The van der Waals surface area contributed by atoms with E-state index in [1.54, 1.807) is 11.3 Å². The quantitative estimate of drug-likeness (QED) is 0.790. The van der Waals surface area contributed by atoms with Crippen LogP contribution in [0, 0.1) is 0 Å². The Morgan fingerprint density at radius 3 is 2.80 bits per heavy atom. The van der Waals surface area contributed by atoms with E-state index in [1.807, 2.05) is 23.8 Å². The van der Waals surface area contributed by atoms with Gasteiger partial charge in [0.25, 0.3) is 0 Å². The van der Waals surface area contributed by atoms with E-state index in [1.165, 1.54) is 12.1 Å². The van der Waals surface area contributed by atoms with Crippen molar-refractivity contribution >= 4 is 23.3 Å². The normalized spacial score (nSPS) is 11.8. The lowest BCUT2D eigenvalue weighted by molar-refractivity contribution is 0.0660. The van der Waals surface area contributed by atoms with Crippen molar-refractivity contribution in [2.24, 2.45) is 0 Å². The largest absolute Gasteiger partial charge is 0.475 e. The summed E-state index contributed by atoms with van der Waals surface area (Å²) in [6, 6.07) is 4.39. The molecular weight excluding hydrogens is 280 g/mol. The van der Waals surface area contributed by atoms with E-state index in [0.717, 1.165) is 5.56 Å². The lowest BCUT2D eigenvalue weighted by atomic mass is 10.2. The first-order chi connectivity index (χ1) is 9.56. The van der Waals surface area contributed by atoms with Gasteiger partial charge in [-0.25, -0.2) is 9.59 Å². The van der Waals surface area contributed by atoms with Crippen LogP contribution < -0.4 is 10.6 Å². The van der Waals surface area contributed by atoms with Crippen LogP contribution in [0.25, 0.3) is 0 Å². The molecule has 0 aliphatic heterocycles. The monoisotopic (exact) mass is 294 g/mol. The number of urea groups is 1. The number of aromatic carboxylic acids is 1. The van der Waals surface area contributed by atoms with Crippen LogP contribution in [-0.2, 0) is 6.54 Å². The van der Waals surface area contributed by atoms with E-state index < -0.39 is 5.97 Å². The number of hydrogen-bond acceptors (Lipinski definition) is 4. The maximum absolute atomic E-state index is 11.7. The van der Waals surface area contributed by atoms with Gasteiger partial charge in [-0.15, -0.1) is 0 Å². The number of nitrogens with one attached hydrogen (secondary N) is 2. The van der Waals surface area contributed by atoms with E-state index in [9.17, 15) is 9.59 Å². The van der Waals surface area contributed by atoms with E-state index in [4.69, 9.17) is 9.52 Å². The third-order valence-electron chi connectivity index (χ3n) is 2.69. The molecule has 1 atom stereocenters. The molecule has 6 nitrogen and oxygen atoms in total. The van der Waals surface area contributed by atoms with Gasteiger partial charge >= 0.3 is 12.0 Å². The first-order valence-corrected chi connectivity index (χ1v) is 6.89. The maximum atomic E-state index is 11.7. The zero-order valence-corrected chi connectivity index (χ0v) is 11.6. The molecule has 2 aromatic heterocycles. The van der Waals surface area contributed by atoms with Crippen LogP contribution in [0.5, 0.6) is 0 Å². The Hall–Kier alpha value is -2.28. The van der Waals surface area contributed by atoms with Crippen molar-refractivity contribution in [2.75, 3.05) is 0 Å². The highest BCUT2D eigenvalue weighted by molar-refractivity contribution is 7.07. The molecule has 0 aliphatic rings. The molecule has 0 radical (unpaired) electrons. The van der Waals surface area contributed by atoms with Crippen LogP contribution in [0.4, 0.5) is 4.79 Å². The Bertz CT molecular complexity index is 591. The number of carbonyl (C=O) groups is 2. The molecule has 106 valence electrons. The van der Waals surface area contributed by atoms with Crippen LogP contribution in [0.15, 0.2) is 33.4 Å². The molecule has 20 heavy (non-hydrogen) atoms. The van der Waals surface area contributed by atoms with Crippen molar-refractivity contribution < 1.29 is 19.1 Å². The molecule has 2 aromatic rings. The molecule has 1 unspecified atom stereocenters. The standard InChI is InChI=1S/C13H14N2O4S/c1-8(9-4-5-20-7-9)15-13(18)14-6-10-2-3-11(19-10)12(16)17/h2-5,7-8H,6H2,1H3,(H,16,17)(H2,14,15,18). The third-order valence-corrected chi connectivity index (χ3v) is 3.39. The SMILES string of the molecule is CC(NC(=O)NCc1ccc(C(=O)O)o1)c1ccsc1. The Balaban J connectivity index is 1.81. The smallest absolute Gasteiger partial charge is 0.371 e. The van der Waals surface area contributed by atoms with Crippen molar-refractivity contribution in [1.82, 2.24) is 10.6 Å². The first kappa shape index (κ1) is 14.1. The molecular formula is C13H14N2O4S. The van der Waals surface area contributed by atoms with Crippen molar-refractivity contribution in [3.63, 3.8) is 0 Å². The highest BCUT2D eigenvalue weighted by Crippen LogP contribution is 2.15. The Morgan fingerprint density at radius 2 is 2.20 bits per heavy atom. The summed E-state index contributed by atoms with van der Waals surface area (Å²) < 4.78 is 5.03. The van der Waals surface area contributed by atoms with Gasteiger partial charge in [-0.05, 0) is 41.4 Å². The number of amides is 2.